The van der Waals surface area contributed by atoms with Crippen LogP contribution < -0.4 is 15.5 Å². The first-order valence-electron chi connectivity index (χ1n) is 10.4. The molecule has 4 aromatic rings. The highest BCUT2D eigenvalue weighted by atomic mass is 16.5. The number of hydrazone groups is 1. The van der Waals surface area contributed by atoms with E-state index in [1.807, 2.05) is 61.5 Å². The molecule has 2 amide bonds. The minimum Gasteiger partial charge on any atom is -0.496 e. The number of fused-ring (bicyclic) bond motifs is 1. The molecule has 0 aliphatic carbocycles. The zero-order chi connectivity index (χ0) is 23.2. The maximum absolute atomic E-state index is 12.5. The summed E-state index contributed by atoms with van der Waals surface area (Å²) in [5.74, 6) is 0.113. The quantitative estimate of drug-likeness (QED) is 0.322. The van der Waals surface area contributed by atoms with Crippen LogP contribution in [0.25, 0.3) is 10.8 Å². The standard InChI is InChI=1S/C27H23N3O3/c1-18-7-3-5-9-22(18)27(32)29-21-14-11-20(12-15-21)26(31)30-28-17-24-23-10-6-4-8-19(23)13-16-25(24)33-2/h3-17H,1-2H3,(H,29,32)(H,30,31)/b28-17+. The molecule has 0 saturated carbocycles. The van der Waals surface area contributed by atoms with E-state index >= 15 is 0 Å². The van der Waals surface area contributed by atoms with Crippen LogP contribution in [0.4, 0.5) is 5.69 Å². The smallest absolute Gasteiger partial charge is 0.271 e. The van der Waals surface area contributed by atoms with Crippen LogP contribution in [0.5, 0.6) is 5.75 Å². The first-order chi connectivity index (χ1) is 16.1. The molecule has 0 fully saturated rings. The summed E-state index contributed by atoms with van der Waals surface area (Å²) in [6.45, 7) is 1.89. The number of methoxy groups -OCH3 is 1. The number of nitrogens with zero attached hydrogens (tertiary/aromatic N) is 1. The van der Waals surface area contributed by atoms with Crippen LogP contribution in [0.2, 0.25) is 0 Å². The van der Waals surface area contributed by atoms with Gasteiger partial charge in [0, 0.05) is 22.4 Å². The minimum absolute atomic E-state index is 0.195. The van der Waals surface area contributed by atoms with Crippen LogP contribution in [-0.4, -0.2) is 25.1 Å². The molecule has 0 saturated heterocycles. The molecule has 4 aromatic carbocycles. The lowest BCUT2D eigenvalue weighted by molar-refractivity contribution is 0.0954. The molecule has 0 spiro atoms. The summed E-state index contributed by atoms with van der Waals surface area (Å²) in [7, 11) is 1.60. The molecule has 2 N–H and O–H groups in total. The number of rotatable bonds is 6. The molecule has 0 aromatic heterocycles. The van der Waals surface area contributed by atoms with Crippen molar-refractivity contribution in [3.63, 3.8) is 0 Å². The number of benzene rings is 4. The minimum atomic E-state index is -0.359. The van der Waals surface area contributed by atoms with E-state index in [0.717, 1.165) is 21.9 Å². The lowest BCUT2D eigenvalue weighted by Crippen LogP contribution is -2.18. The maximum atomic E-state index is 12.5. The summed E-state index contributed by atoms with van der Waals surface area (Å²) in [5.41, 5.74) is 5.85. The molecule has 0 unspecified atom stereocenters. The third-order valence-corrected chi connectivity index (χ3v) is 5.30. The molecular formula is C27H23N3O3. The van der Waals surface area contributed by atoms with Crippen LogP contribution in [0.15, 0.2) is 90.0 Å². The van der Waals surface area contributed by atoms with Crippen molar-refractivity contribution in [2.24, 2.45) is 5.10 Å². The molecule has 6 heteroatoms. The Kier molecular flexibility index (Phi) is 6.45. The number of nitrogens with one attached hydrogen (secondary N) is 2. The number of anilines is 1. The van der Waals surface area contributed by atoms with E-state index in [1.165, 1.54) is 0 Å². The largest absolute Gasteiger partial charge is 0.496 e. The number of hydrogen-bond acceptors (Lipinski definition) is 4. The molecule has 4 rings (SSSR count). The van der Waals surface area contributed by atoms with Crippen LogP contribution in [-0.2, 0) is 0 Å². The fourth-order valence-corrected chi connectivity index (χ4v) is 3.54. The lowest BCUT2D eigenvalue weighted by atomic mass is 10.0. The number of ether oxygens (including phenoxy) is 1. The molecule has 164 valence electrons. The Morgan fingerprint density at radius 2 is 1.58 bits per heavy atom. The van der Waals surface area contributed by atoms with E-state index in [0.29, 0.717) is 22.6 Å². The first-order valence-corrected chi connectivity index (χ1v) is 10.4. The van der Waals surface area contributed by atoms with Gasteiger partial charge in [-0.15, -0.1) is 0 Å². The predicted molar refractivity (Wildman–Crippen MR) is 131 cm³/mol. The third kappa shape index (κ3) is 4.91. The Hall–Kier alpha value is -4.45. The van der Waals surface area contributed by atoms with Gasteiger partial charge in [-0.2, -0.15) is 5.10 Å². The van der Waals surface area contributed by atoms with E-state index < -0.39 is 0 Å². The Labute approximate surface area is 191 Å². The summed E-state index contributed by atoms with van der Waals surface area (Å²) < 4.78 is 5.44. The number of hydrogen-bond donors (Lipinski definition) is 2. The van der Waals surface area contributed by atoms with Gasteiger partial charge in [0.1, 0.15) is 5.75 Å². The van der Waals surface area contributed by atoms with Gasteiger partial charge in [-0.25, -0.2) is 5.43 Å². The van der Waals surface area contributed by atoms with E-state index in [-0.39, 0.29) is 11.8 Å². The molecular weight excluding hydrogens is 414 g/mol. The molecule has 6 nitrogen and oxygen atoms in total. The highest BCUT2D eigenvalue weighted by Crippen LogP contribution is 2.26. The van der Waals surface area contributed by atoms with Crippen molar-refractivity contribution in [1.29, 1.82) is 0 Å². The van der Waals surface area contributed by atoms with Crippen LogP contribution >= 0.6 is 0 Å². The SMILES string of the molecule is COc1ccc2ccccc2c1/C=N/NC(=O)c1ccc(NC(=O)c2ccccc2C)cc1. The molecule has 33 heavy (non-hydrogen) atoms. The van der Waals surface area contributed by atoms with Crippen molar-refractivity contribution < 1.29 is 14.3 Å². The summed E-state index contributed by atoms with van der Waals surface area (Å²) in [5, 5.41) is 8.99. The van der Waals surface area contributed by atoms with Crippen molar-refractivity contribution in [2.45, 2.75) is 6.92 Å². The van der Waals surface area contributed by atoms with Crippen molar-refractivity contribution in [1.82, 2.24) is 5.43 Å². The van der Waals surface area contributed by atoms with E-state index in [4.69, 9.17) is 4.74 Å². The van der Waals surface area contributed by atoms with Crippen LogP contribution in [0.1, 0.15) is 31.8 Å². The Bertz CT molecular complexity index is 1340. The number of amides is 2. The van der Waals surface area contributed by atoms with Crippen LogP contribution in [0, 0.1) is 6.92 Å². The summed E-state index contributed by atoms with van der Waals surface area (Å²) in [6, 6.07) is 25.7. The van der Waals surface area contributed by atoms with Gasteiger partial charge in [-0.05, 0) is 59.7 Å². The van der Waals surface area contributed by atoms with E-state index in [1.54, 1.807) is 43.7 Å². The molecule has 0 bridgehead atoms. The zero-order valence-electron chi connectivity index (χ0n) is 18.3. The van der Waals surface area contributed by atoms with E-state index in [9.17, 15) is 9.59 Å². The van der Waals surface area contributed by atoms with Gasteiger partial charge in [0.15, 0.2) is 0 Å². The monoisotopic (exact) mass is 437 g/mol. The molecule has 0 aliphatic heterocycles. The topological polar surface area (TPSA) is 79.8 Å². The van der Waals surface area contributed by atoms with Gasteiger partial charge in [0.2, 0.25) is 0 Å². The molecule has 0 aliphatic rings. The Balaban J connectivity index is 1.44. The maximum Gasteiger partial charge on any atom is 0.271 e. The highest BCUT2D eigenvalue weighted by molar-refractivity contribution is 6.06. The Morgan fingerprint density at radius 3 is 2.33 bits per heavy atom. The normalized spacial score (nSPS) is 10.8. The summed E-state index contributed by atoms with van der Waals surface area (Å²) in [6.07, 6.45) is 1.58. The highest BCUT2D eigenvalue weighted by Gasteiger charge is 2.10. The average Bonchev–Trinajstić information content (AvgIpc) is 2.84. The van der Waals surface area contributed by atoms with Gasteiger partial charge >= 0.3 is 0 Å². The fourth-order valence-electron chi connectivity index (χ4n) is 3.54. The van der Waals surface area contributed by atoms with Crippen molar-refractivity contribution in [3.05, 3.63) is 107 Å². The first kappa shape index (κ1) is 21.8. The second-order valence-corrected chi connectivity index (χ2v) is 7.45. The Morgan fingerprint density at radius 1 is 0.848 bits per heavy atom. The molecule has 0 radical (unpaired) electrons. The zero-order valence-corrected chi connectivity index (χ0v) is 18.3. The fraction of sp³-hybridized carbons (Fsp3) is 0.0741. The van der Waals surface area contributed by atoms with Crippen molar-refractivity contribution >= 4 is 34.5 Å². The predicted octanol–water partition coefficient (Wildman–Crippen LogP) is 5.17. The third-order valence-electron chi connectivity index (χ3n) is 5.30. The van der Waals surface area contributed by atoms with Crippen LogP contribution in [0.3, 0.4) is 0 Å². The number of carbonyl (C=O) groups is 2. The molecule has 0 atom stereocenters. The van der Waals surface area contributed by atoms with Gasteiger partial charge in [0.05, 0.1) is 13.3 Å². The van der Waals surface area contributed by atoms with Gasteiger partial charge in [-0.1, -0.05) is 48.5 Å². The van der Waals surface area contributed by atoms with Gasteiger partial charge < -0.3 is 10.1 Å². The van der Waals surface area contributed by atoms with Crippen molar-refractivity contribution in [3.8, 4) is 5.75 Å². The second-order valence-electron chi connectivity index (χ2n) is 7.45. The summed E-state index contributed by atoms with van der Waals surface area (Å²) >= 11 is 0. The van der Waals surface area contributed by atoms with Gasteiger partial charge in [0.25, 0.3) is 11.8 Å². The second kappa shape index (κ2) is 9.78. The summed E-state index contributed by atoms with van der Waals surface area (Å²) in [4.78, 5) is 25.0. The van der Waals surface area contributed by atoms with Crippen molar-refractivity contribution in [2.75, 3.05) is 12.4 Å². The number of carbonyl (C=O) groups excluding carboxylic acids is 2. The molecule has 0 heterocycles. The number of aryl methyl sites for hydroxylation is 1. The van der Waals surface area contributed by atoms with E-state index in [2.05, 4.69) is 15.8 Å². The van der Waals surface area contributed by atoms with Gasteiger partial charge in [-0.3, -0.25) is 9.59 Å². The average molecular weight is 437 g/mol. The lowest BCUT2D eigenvalue weighted by Gasteiger charge is -2.09.